The van der Waals surface area contributed by atoms with Crippen LogP contribution >= 0.6 is 12.2 Å². The van der Waals surface area contributed by atoms with Crippen LogP contribution in [0.25, 0.3) is 0 Å². The van der Waals surface area contributed by atoms with Crippen molar-refractivity contribution in [2.24, 2.45) is 4.99 Å². The fourth-order valence-corrected chi connectivity index (χ4v) is 2.29. The Morgan fingerprint density at radius 2 is 2.11 bits per heavy atom. The second-order valence-electron chi connectivity index (χ2n) is 4.42. The van der Waals surface area contributed by atoms with Crippen LogP contribution in [0.2, 0.25) is 0 Å². The van der Waals surface area contributed by atoms with E-state index in [1.807, 2.05) is 18.2 Å². The summed E-state index contributed by atoms with van der Waals surface area (Å²) >= 11 is 4.58. The summed E-state index contributed by atoms with van der Waals surface area (Å²) in [4.78, 5) is 3.94. The van der Waals surface area contributed by atoms with E-state index in [4.69, 9.17) is 9.47 Å². The lowest BCUT2D eigenvalue weighted by Gasteiger charge is -2.16. The van der Waals surface area contributed by atoms with Crippen molar-refractivity contribution in [3.05, 3.63) is 23.8 Å². The lowest BCUT2D eigenvalue weighted by atomic mass is 10.2. The van der Waals surface area contributed by atoms with Gasteiger partial charge in [-0.1, -0.05) is 6.07 Å². The van der Waals surface area contributed by atoms with E-state index in [-0.39, 0.29) is 0 Å². The number of rotatable bonds is 5. The summed E-state index contributed by atoms with van der Waals surface area (Å²) in [5.74, 6) is 1.58. The van der Waals surface area contributed by atoms with Gasteiger partial charge in [0.2, 0.25) is 0 Å². The Bertz CT molecular complexity index is 449. The second kappa shape index (κ2) is 6.53. The lowest BCUT2D eigenvalue weighted by molar-refractivity contribution is 0.200. The van der Waals surface area contributed by atoms with Gasteiger partial charge in [-0.2, -0.15) is 0 Å². The van der Waals surface area contributed by atoms with E-state index in [1.54, 1.807) is 7.11 Å². The first kappa shape index (κ1) is 13.1. The highest BCUT2D eigenvalue weighted by molar-refractivity contribution is 7.78. The summed E-state index contributed by atoms with van der Waals surface area (Å²) in [5.41, 5.74) is 1.06. The minimum atomic E-state index is 0.322. The van der Waals surface area contributed by atoms with Crippen LogP contribution in [0.5, 0.6) is 11.5 Å². The molecule has 3 nitrogen and oxygen atoms in total. The summed E-state index contributed by atoms with van der Waals surface area (Å²) in [6.45, 7) is 0.536. The van der Waals surface area contributed by atoms with Crippen molar-refractivity contribution in [2.45, 2.75) is 38.3 Å². The van der Waals surface area contributed by atoms with Crippen molar-refractivity contribution in [1.82, 2.24) is 0 Å². The molecule has 0 aromatic heterocycles. The van der Waals surface area contributed by atoms with Crippen LogP contribution < -0.4 is 9.47 Å². The molecule has 1 aromatic rings. The van der Waals surface area contributed by atoms with Gasteiger partial charge in [0.25, 0.3) is 0 Å². The van der Waals surface area contributed by atoms with Gasteiger partial charge in [-0.25, -0.2) is 4.99 Å². The number of benzene rings is 1. The Labute approximate surface area is 113 Å². The molecule has 0 aliphatic heterocycles. The van der Waals surface area contributed by atoms with Crippen LogP contribution in [-0.2, 0) is 6.54 Å². The number of hydrogen-bond donors (Lipinski definition) is 0. The molecule has 4 heteroatoms. The lowest BCUT2D eigenvalue weighted by Crippen LogP contribution is -2.11. The smallest absolute Gasteiger partial charge is 0.161 e. The summed E-state index contributed by atoms with van der Waals surface area (Å²) < 4.78 is 11.3. The quantitative estimate of drug-likeness (QED) is 0.600. The van der Waals surface area contributed by atoms with E-state index >= 15 is 0 Å². The molecule has 0 heterocycles. The molecule has 0 unspecified atom stereocenters. The summed E-state index contributed by atoms with van der Waals surface area (Å²) in [6.07, 6.45) is 5.09. The highest BCUT2D eigenvalue weighted by Crippen LogP contribution is 2.32. The maximum Gasteiger partial charge on any atom is 0.161 e. The second-order valence-corrected chi connectivity index (χ2v) is 4.60. The molecule has 96 valence electrons. The van der Waals surface area contributed by atoms with Gasteiger partial charge in [0.05, 0.1) is 24.9 Å². The maximum absolute atomic E-state index is 6.00. The monoisotopic (exact) mass is 263 g/mol. The van der Waals surface area contributed by atoms with Gasteiger partial charge in [-0.15, -0.1) is 0 Å². The molecule has 0 radical (unpaired) electrons. The first-order valence-corrected chi connectivity index (χ1v) is 6.61. The summed E-state index contributed by atoms with van der Waals surface area (Å²) in [6, 6.07) is 5.86. The number of isothiocyanates is 1. The Hall–Kier alpha value is -1.38. The van der Waals surface area contributed by atoms with Gasteiger partial charge >= 0.3 is 0 Å². The van der Waals surface area contributed by atoms with Crippen molar-refractivity contribution < 1.29 is 9.47 Å². The SMILES string of the molecule is COc1ccc(CN=C=S)cc1OC1CCCC1. The van der Waals surface area contributed by atoms with Crippen LogP contribution in [0, 0.1) is 0 Å². The average molecular weight is 263 g/mol. The zero-order valence-electron chi connectivity index (χ0n) is 10.5. The van der Waals surface area contributed by atoms with E-state index in [0.29, 0.717) is 12.6 Å². The van der Waals surface area contributed by atoms with Crippen molar-refractivity contribution in [3.63, 3.8) is 0 Å². The largest absolute Gasteiger partial charge is 0.493 e. The van der Waals surface area contributed by atoms with Gasteiger partial charge in [-0.05, 0) is 55.6 Å². The number of thiocarbonyl (C=S) groups is 1. The molecule has 1 aliphatic carbocycles. The highest BCUT2D eigenvalue weighted by atomic mass is 32.1. The highest BCUT2D eigenvalue weighted by Gasteiger charge is 2.18. The van der Waals surface area contributed by atoms with Crippen molar-refractivity contribution in [1.29, 1.82) is 0 Å². The van der Waals surface area contributed by atoms with E-state index in [2.05, 4.69) is 22.4 Å². The predicted molar refractivity (Wildman–Crippen MR) is 74.6 cm³/mol. The fraction of sp³-hybridized carbons (Fsp3) is 0.500. The first-order valence-electron chi connectivity index (χ1n) is 6.20. The minimum absolute atomic E-state index is 0.322. The van der Waals surface area contributed by atoms with Crippen molar-refractivity contribution >= 4 is 17.4 Å². The molecule has 1 saturated carbocycles. The standard InChI is InChI=1S/C14H17NO2S/c1-16-13-7-6-11(9-15-10-18)8-14(13)17-12-4-2-3-5-12/h6-8,12H,2-5,9H2,1H3. The normalized spacial score (nSPS) is 15.2. The zero-order chi connectivity index (χ0) is 12.8. The van der Waals surface area contributed by atoms with Gasteiger partial charge < -0.3 is 9.47 Å². The van der Waals surface area contributed by atoms with Crippen molar-refractivity contribution in [3.8, 4) is 11.5 Å². The third kappa shape index (κ3) is 3.31. The fourth-order valence-electron chi connectivity index (χ4n) is 2.22. The number of hydrogen-bond acceptors (Lipinski definition) is 4. The molecule has 18 heavy (non-hydrogen) atoms. The van der Waals surface area contributed by atoms with Gasteiger partial charge in [0.15, 0.2) is 11.5 Å². The molecular weight excluding hydrogens is 246 g/mol. The van der Waals surface area contributed by atoms with E-state index < -0.39 is 0 Å². The van der Waals surface area contributed by atoms with Crippen LogP contribution in [0.1, 0.15) is 31.2 Å². The molecule has 2 rings (SSSR count). The molecule has 1 aliphatic rings. The Balaban J connectivity index is 2.15. The number of nitrogens with zero attached hydrogens (tertiary/aromatic N) is 1. The minimum Gasteiger partial charge on any atom is -0.493 e. The van der Waals surface area contributed by atoms with Crippen LogP contribution in [0.3, 0.4) is 0 Å². The third-order valence-electron chi connectivity index (χ3n) is 3.15. The van der Waals surface area contributed by atoms with E-state index in [1.165, 1.54) is 12.8 Å². The van der Waals surface area contributed by atoms with E-state index in [9.17, 15) is 0 Å². The molecule has 0 saturated heterocycles. The topological polar surface area (TPSA) is 30.8 Å². The first-order chi connectivity index (χ1) is 8.83. The summed E-state index contributed by atoms with van der Waals surface area (Å²) in [5, 5.41) is 2.37. The Morgan fingerprint density at radius 1 is 1.33 bits per heavy atom. The third-order valence-corrected chi connectivity index (χ3v) is 3.28. The number of ether oxygens (including phenoxy) is 2. The van der Waals surface area contributed by atoms with Gasteiger partial charge in [-0.3, -0.25) is 0 Å². The Morgan fingerprint density at radius 3 is 2.78 bits per heavy atom. The number of aliphatic imine (C=N–C) groups is 1. The molecule has 1 aromatic carbocycles. The van der Waals surface area contributed by atoms with Gasteiger partial charge in [0.1, 0.15) is 0 Å². The summed E-state index contributed by atoms with van der Waals surface area (Å²) in [7, 11) is 1.66. The van der Waals surface area contributed by atoms with E-state index in [0.717, 1.165) is 29.9 Å². The van der Waals surface area contributed by atoms with Gasteiger partial charge in [0, 0.05) is 0 Å². The molecule has 0 bridgehead atoms. The predicted octanol–water partition coefficient (Wildman–Crippen LogP) is 3.62. The molecule has 1 fully saturated rings. The van der Waals surface area contributed by atoms with Crippen LogP contribution in [0.4, 0.5) is 0 Å². The number of methoxy groups -OCH3 is 1. The van der Waals surface area contributed by atoms with Crippen LogP contribution in [0.15, 0.2) is 23.2 Å². The Kier molecular flexibility index (Phi) is 4.73. The average Bonchev–Trinajstić information content (AvgIpc) is 2.89. The van der Waals surface area contributed by atoms with Crippen LogP contribution in [-0.4, -0.2) is 18.4 Å². The molecule has 0 N–H and O–H groups in total. The molecule has 0 atom stereocenters. The molecular formula is C14H17NO2S. The maximum atomic E-state index is 6.00. The van der Waals surface area contributed by atoms with Crippen molar-refractivity contribution in [2.75, 3.05) is 7.11 Å². The molecule has 0 spiro atoms. The molecule has 0 amide bonds. The zero-order valence-corrected chi connectivity index (χ0v) is 11.3.